The SMILES string of the molecule is NCC(=O)NC(CC(=O)O)C(=O)NC(CCCN=C(N)N)C(=O)N1CCCC1C(=O)O. The molecule has 3 unspecified atom stereocenters. The lowest BCUT2D eigenvalue weighted by Gasteiger charge is -2.28. The summed E-state index contributed by atoms with van der Waals surface area (Å²) in [6.07, 6.45) is 0.386. The number of likely N-dealkylation sites (tertiary alicyclic amines) is 1. The Labute approximate surface area is 178 Å². The number of carboxylic acids is 2. The van der Waals surface area contributed by atoms with E-state index in [1.807, 2.05) is 0 Å². The number of aliphatic imine (C=N–C) groups is 1. The zero-order chi connectivity index (χ0) is 23.6. The van der Waals surface area contributed by atoms with E-state index in [1.54, 1.807) is 0 Å². The van der Waals surface area contributed by atoms with Crippen LogP contribution in [0.2, 0.25) is 0 Å². The first-order valence-corrected chi connectivity index (χ1v) is 9.67. The van der Waals surface area contributed by atoms with Crippen molar-refractivity contribution in [3.8, 4) is 0 Å². The molecule has 1 aliphatic rings. The average Bonchev–Trinajstić information content (AvgIpc) is 3.18. The number of guanidine groups is 1. The van der Waals surface area contributed by atoms with Gasteiger partial charge in [-0.05, 0) is 25.7 Å². The average molecular weight is 443 g/mol. The lowest BCUT2D eigenvalue weighted by atomic mass is 10.1. The summed E-state index contributed by atoms with van der Waals surface area (Å²) < 4.78 is 0. The van der Waals surface area contributed by atoms with Gasteiger partial charge in [0, 0.05) is 13.1 Å². The van der Waals surface area contributed by atoms with Crippen LogP contribution in [0.4, 0.5) is 0 Å². The fourth-order valence-corrected chi connectivity index (χ4v) is 3.16. The molecule has 3 amide bonds. The number of nitrogens with zero attached hydrogens (tertiary/aromatic N) is 2. The summed E-state index contributed by atoms with van der Waals surface area (Å²) in [4.78, 5) is 64.6. The van der Waals surface area contributed by atoms with Gasteiger partial charge in [0.2, 0.25) is 17.7 Å². The normalized spacial score (nSPS) is 17.3. The molecule has 0 bridgehead atoms. The molecular formula is C17H29N7O7. The highest BCUT2D eigenvalue weighted by Gasteiger charge is 2.38. The molecular weight excluding hydrogens is 414 g/mol. The predicted molar refractivity (Wildman–Crippen MR) is 107 cm³/mol. The maximum Gasteiger partial charge on any atom is 0.326 e. The Morgan fingerprint density at radius 1 is 1.10 bits per heavy atom. The van der Waals surface area contributed by atoms with Gasteiger partial charge in [0.05, 0.1) is 13.0 Å². The van der Waals surface area contributed by atoms with E-state index in [0.717, 1.165) is 0 Å². The summed E-state index contributed by atoms with van der Waals surface area (Å²) in [6.45, 7) is -0.0936. The van der Waals surface area contributed by atoms with E-state index in [4.69, 9.17) is 22.3 Å². The molecule has 0 aliphatic carbocycles. The molecule has 0 saturated carbocycles. The topological polar surface area (TPSA) is 244 Å². The number of nitrogens with one attached hydrogen (secondary N) is 2. The first-order chi connectivity index (χ1) is 14.6. The van der Waals surface area contributed by atoms with Crippen molar-refractivity contribution in [2.24, 2.45) is 22.2 Å². The number of nitrogens with two attached hydrogens (primary N) is 3. The quantitative estimate of drug-likeness (QED) is 0.0891. The number of hydrogen-bond acceptors (Lipinski definition) is 7. The molecule has 1 heterocycles. The Bertz CT molecular complexity index is 724. The Morgan fingerprint density at radius 2 is 1.77 bits per heavy atom. The van der Waals surface area contributed by atoms with E-state index in [0.29, 0.717) is 6.42 Å². The third kappa shape index (κ3) is 8.46. The van der Waals surface area contributed by atoms with Crippen LogP contribution >= 0.6 is 0 Å². The van der Waals surface area contributed by atoms with Gasteiger partial charge in [0.1, 0.15) is 18.1 Å². The van der Waals surface area contributed by atoms with Crippen LogP contribution in [0.15, 0.2) is 4.99 Å². The second-order valence-electron chi connectivity index (χ2n) is 6.96. The van der Waals surface area contributed by atoms with E-state index in [1.165, 1.54) is 4.90 Å². The van der Waals surface area contributed by atoms with Crippen molar-refractivity contribution in [3.63, 3.8) is 0 Å². The summed E-state index contributed by atoms with van der Waals surface area (Å²) in [5, 5.41) is 23.0. The fraction of sp³-hybridized carbons (Fsp3) is 0.647. The maximum atomic E-state index is 13.0. The smallest absolute Gasteiger partial charge is 0.326 e. The lowest BCUT2D eigenvalue weighted by molar-refractivity contribution is -0.149. The van der Waals surface area contributed by atoms with Crippen LogP contribution in [0.25, 0.3) is 0 Å². The molecule has 0 aromatic heterocycles. The van der Waals surface area contributed by atoms with Crippen LogP contribution in [-0.4, -0.2) is 88.5 Å². The van der Waals surface area contributed by atoms with Crippen LogP contribution in [0.3, 0.4) is 0 Å². The van der Waals surface area contributed by atoms with Gasteiger partial charge in [-0.15, -0.1) is 0 Å². The van der Waals surface area contributed by atoms with Crippen molar-refractivity contribution in [1.29, 1.82) is 0 Å². The van der Waals surface area contributed by atoms with Crippen LogP contribution in [0, 0.1) is 0 Å². The van der Waals surface area contributed by atoms with Crippen molar-refractivity contribution in [1.82, 2.24) is 15.5 Å². The van der Waals surface area contributed by atoms with Gasteiger partial charge in [0.15, 0.2) is 5.96 Å². The minimum Gasteiger partial charge on any atom is -0.481 e. The molecule has 31 heavy (non-hydrogen) atoms. The number of hydrogen-bond donors (Lipinski definition) is 7. The molecule has 0 spiro atoms. The predicted octanol–water partition coefficient (Wildman–Crippen LogP) is -3.48. The zero-order valence-corrected chi connectivity index (χ0v) is 17.0. The van der Waals surface area contributed by atoms with Gasteiger partial charge in [-0.25, -0.2) is 4.79 Å². The molecule has 0 aromatic carbocycles. The fourth-order valence-electron chi connectivity index (χ4n) is 3.16. The number of aliphatic carboxylic acids is 2. The number of carbonyl (C=O) groups is 5. The van der Waals surface area contributed by atoms with Crippen LogP contribution in [0.1, 0.15) is 32.1 Å². The monoisotopic (exact) mass is 443 g/mol. The van der Waals surface area contributed by atoms with Crippen molar-refractivity contribution < 1.29 is 34.2 Å². The van der Waals surface area contributed by atoms with E-state index in [-0.39, 0.29) is 38.3 Å². The van der Waals surface area contributed by atoms with Crippen molar-refractivity contribution in [2.75, 3.05) is 19.6 Å². The molecule has 1 aliphatic heterocycles. The second-order valence-corrected chi connectivity index (χ2v) is 6.96. The molecule has 1 saturated heterocycles. The minimum absolute atomic E-state index is 0.0643. The van der Waals surface area contributed by atoms with E-state index >= 15 is 0 Å². The largest absolute Gasteiger partial charge is 0.481 e. The summed E-state index contributed by atoms with van der Waals surface area (Å²) in [6, 6.07) is -3.64. The Hall–Kier alpha value is -3.42. The first kappa shape index (κ1) is 25.6. The molecule has 3 atom stereocenters. The Kier molecular flexibility index (Phi) is 10.2. The van der Waals surface area contributed by atoms with Crippen LogP contribution in [-0.2, 0) is 24.0 Å². The number of rotatable bonds is 12. The maximum absolute atomic E-state index is 13.0. The third-order valence-electron chi connectivity index (χ3n) is 4.60. The van der Waals surface area contributed by atoms with Gasteiger partial charge < -0.3 is 42.9 Å². The highest BCUT2D eigenvalue weighted by atomic mass is 16.4. The molecule has 14 nitrogen and oxygen atoms in total. The van der Waals surface area contributed by atoms with Crippen LogP contribution in [0.5, 0.6) is 0 Å². The first-order valence-electron chi connectivity index (χ1n) is 9.67. The number of amides is 3. The van der Waals surface area contributed by atoms with E-state index in [9.17, 15) is 29.1 Å². The summed E-state index contributed by atoms with van der Waals surface area (Å²) >= 11 is 0. The molecule has 1 fully saturated rings. The molecule has 0 radical (unpaired) electrons. The number of carbonyl (C=O) groups excluding carboxylic acids is 3. The highest BCUT2D eigenvalue weighted by molar-refractivity contribution is 5.95. The van der Waals surface area contributed by atoms with E-state index < -0.39 is 60.8 Å². The van der Waals surface area contributed by atoms with Gasteiger partial charge in [-0.3, -0.25) is 24.2 Å². The minimum atomic E-state index is -1.46. The van der Waals surface area contributed by atoms with E-state index in [2.05, 4.69) is 15.6 Å². The van der Waals surface area contributed by atoms with Crippen molar-refractivity contribution in [2.45, 2.75) is 50.2 Å². The second kappa shape index (κ2) is 12.3. The molecule has 1 rings (SSSR count). The zero-order valence-electron chi connectivity index (χ0n) is 17.0. The molecule has 14 heteroatoms. The van der Waals surface area contributed by atoms with Gasteiger partial charge in [-0.2, -0.15) is 0 Å². The van der Waals surface area contributed by atoms with Crippen molar-refractivity contribution in [3.05, 3.63) is 0 Å². The summed E-state index contributed by atoms with van der Waals surface area (Å²) in [5.41, 5.74) is 15.7. The summed E-state index contributed by atoms with van der Waals surface area (Å²) in [7, 11) is 0. The van der Waals surface area contributed by atoms with Crippen LogP contribution < -0.4 is 27.8 Å². The van der Waals surface area contributed by atoms with Gasteiger partial charge >= 0.3 is 11.9 Å². The number of carboxylic acid groups (broad SMARTS) is 2. The Balaban J connectivity index is 2.99. The molecule has 174 valence electrons. The van der Waals surface area contributed by atoms with Gasteiger partial charge in [-0.1, -0.05) is 0 Å². The molecule has 10 N–H and O–H groups in total. The van der Waals surface area contributed by atoms with Crippen molar-refractivity contribution >= 4 is 35.6 Å². The lowest BCUT2D eigenvalue weighted by Crippen LogP contribution is -2.56. The molecule has 0 aromatic rings. The van der Waals surface area contributed by atoms with Gasteiger partial charge in [0.25, 0.3) is 0 Å². The standard InChI is InChI=1S/C17H29N7O7/c18-8-12(25)22-10(7-13(26)27)14(28)23-9(3-1-5-21-17(19)20)15(29)24-6-2-4-11(24)16(30)31/h9-11H,1-8,18H2,(H,22,25)(H,23,28)(H,26,27)(H,30,31)(H4,19,20,21). The summed E-state index contributed by atoms with van der Waals surface area (Å²) in [5.74, 6) is -4.93. The Morgan fingerprint density at radius 3 is 2.32 bits per heavy atom. The third-order valence-corrected chi connectivity index (χ3v) is 4.60. The highest BCUT2D eigenvalue weighted by Crippen LogP contribution is 2.19.